The Kier molecular flexibility index (Phi) is 3.58. The average molecular weight is 276 g/mol. The molecule has 6 heteroatoms. The molecule has 0 radical (unpaired) electrons. The van der Waals surface area contributed by atoms with Gasteiger partial charge in [-0.3, -0.25) is 9.30 Å². The molecule has 1 saturated heterocycles. The molecule has 1 N–H and O–H groups in total. The Labute approximate surface area is 117 Å². The average Bonchev–Trinajstić information content (AvgIpc) is 2.77. The molecule has 0 amide bonds. The highest BCUT2D eigenvalue weighted by atomic mass is 16.3. The molecule has 0 saturated carbocycles. The van der Waals surface area contributed by atoms with Gasteiger partial charge < -0.3 is 5.11 Å². The van der Waals surface area contributed by atoms with Gasteiger partial charge in [0.1, 0.15) is 0 Å². The lowest BCUT2D eigenvalue weighted by Gasteiger charge is -2.34. The number of nitrogens with zero attached hydrogens (tertiary/aromatic N) is 4. The van der Waals surface area contributed by atoms with E-state index in [0.717, 1.165) is 19.5 Å². The highest BCUT2D eigenvalue weighted by Crippen LogP contribution is 2.16. The zero-order valence-corrected chi connectivity index (χ0v) is 11.6. The van der Waals surface area contributed by atoms with Crippen LogP contribution in [0, 0.1) is 5.92 Å². The van der Waals surface area contributed by atoms with E-state index < -0.39 is 0 Å². The van der Waals surface area contributed by atoms with Crippen LogP contribution >= 0.6 is 0 Å². The largest absolute Gasteiger partial charge is 0.392 e. The monoisotopic (exact) mass is 276 g/mol. The highest BCUT2D eigenvalue weighted by Gasteiger charge is 2.24. The van der Waals surface area contributed by atoms with Crippen LogP contribution in [-0.4, -0.2) is 49.9 Å². The van der Waals surface area contributed by atoms with Crippen molar-refractivity contribution in [3.63, 3.8) is 0 Å². The van der Waals surface area contributed by atoms with E-state index >= 15 is 0 Å². The van der Waals surface area contributed by atoms with E-state index in [1.807, 2.05) is 18.2 Å². The van der Waals surface area contributed by atoms with Gasteiger partial charge in [-0.15, -0.1) is 5.10 Å². The lowest BCUT2D eigenvalue weighted by molar-refractivity contribution is 0.0275. The van der Waals surface area contributed by atoms with Crippen molar-refractivity contribution in [3.05, 3.63) is 34.9 Å². The fraction of sp³-hybridized carbons (Fsp3) is 0.571. The third kappa shape index (κ3) is 2.48. The van der Waals surface area contributed by atoms with Crippen molar-refractivity contribution in [2.24, 2.45) is 5.92 Å². The number of aromatic nitrogens is 3. The molecule has 0 spiro atoms. The van der Waals surface area contributed by atoms with Gasteiger partial charge in [0.2, 0.25) is 0 Å². The van der Waals surface area contributed by atoms with Crippen LogP contribution in [0.5, 0.6) is 0 Å². The van der Waals surface area contributed by atoms with Crippen LogP contribution in [0.3, 0.4) is 0 Å². The van der Waals surface area contributed by atoms with Crippen molar-refractivity contribution in [1.82, 2.24) is 19.1 Å². The Balaban J connectivity index is 1.68. The van der Waals surface area contributed by atoms with Crippen molar-refractivity contribution >= 4 is 5.65 Å². The standard InChI is InChI=1S/C14H20N4O2/c1-11-5-7-16(10-12(11)19)8-9-18-14(20)17-6-3-2-4-13(17)15-18/h2-4,6,11-12,19H,5,7-10H2,1H3. The van der Waals surface area contributed by atoms with Gasteiger partial charge in [0.15, 0.2) is 5.65 Å². The summed E-state index contributed by atoms with van der Waals surface area (Å²) < 4.78 is 3.05. The maximum Gasteiger partial charge on any atom is 0.350 e. The molecule has 1 aliphatic heterocycles. The molecular formula is C14H20N4O2. The molecule has 2 aromatic heterocycles. The topological polar surface area (TPSA) is 62.8 Å². The first kappa shape index (κ1) is 13.3. The van der Waals surface area contributed by atoms with E-state index in [0.29, 0.717) is 24.7 Å². The molecule has 2 unspecified atom stereocenters. The van der Waals surface area contributed by atoms with Crippen LogP contribution in [0.2, 0.25) is 0 Å². The maximum absolute atomic E-state index is 12.1. The van der Waals surface area contributed by atoms with Crippen LogP contribution < -0.4 is 5.69 Å². The van der Waals surface area contributed by atoms with Crippen molar-refractivity contribution in [2.45, 2.75) is 26.0 Å². The molecule has 3 rings (SSSR count). The minimum Gasteiger partial charge on any atom is -0.392 e. The smallest absolute Gasteiger partial charge is 0.350 e. The Hall–Kier alpha value is -1.66. The quantitative estimate of drug-likeness (QED) is 0.870. The maximum atomic E-state index is 12.1. The molecule has 0 aliphatic carbocycles. The molecule has 0 bridgehead atoms. The first-order chi connectivity index (χ1) is 9.65. The SMILES string of the molecule is CC1CCN(CCn2nc3ccccn3c2=O)CC1O. The summed E-state index contributed by atoms with van der Waals surface area (Å²) in [6.45, 7) is 5.04. The van der Waals surface area contributed by atoms with Gasteiger partial charge in [0, 0.05) is 19.3 Å². The second kappa shape index (κ2) is 5.38. The Morgan fingerprint density at radius 3 is 3.00 bits per heavy atom. The van der Waals surface area contributed by atoms with E-state index in [4.69, 9.17) is 0 Å². The van der Waals surface area contributed by atoms with Gasteiger partial charge in [-0.1, -0.05) is 13.0 Å². The second-order valence-corrected chi connectivity index (χ2v) is 5.57. The number of likely N-dealkylation sites (tertiary alicyclic amines) is 1. The predicted octanol–water partition coefficient (Wildman–Crippen LogP) is 0.199. The summed E-state index contributed by atoms with van der Waals surface area (Å²) in [5.74, 6) is 0.365. The van der Waals surface area contributed by atoms with Crippen molar-refractivity contribution in [3.8, 4) is 0 Å². The molecule has 1 fully saturated rings. The van der Waals surface area contributed by atoms with Crippen LogP contribution in [-0.2, 0) is 6.54 Å². The molecule has 108 valence electrons. The molecule has 3 heterocycles. The van der Waals surface area contributed by atoms with E-state index in [1.54, 1.807) is 10.6 Å². The molecule has 0 aromatic carbocycles. The number of β-amino-alcohol motifs (C(OH)–C–C–N with tert-alkyl or cyclic N) is 1. The van der Waals surface area contributed by atoms with E-state index in [-0.39, 0.29) is 11.8 Å². The van der Waals surface area contributed by atoms with Gasteiger partial charge in [-0.25, -0.2) is 9.48 Å². The lowest BCUT2D eigenvalue weighted by atomic mass is 9.96. The summed E-state index contributed by atoms with van der Waals surface area (Å²) in [6, 6.07) is 5.52. The summed E-state index contributed by atoms with van der Waals surface area (Å²) >= 11 is 0. The first-order valence-electron chi connectivity index (χ1n) is 7.10. The summed E-state index contributed by atoms with van der Waals surface area (Å²) in [5, 5.41) is 14.2. The van der Waals surface area contributed by atoms with Crippen molar-refractivity contribution in [2.75, 3.05) is 19.6 Å². The second-order valence-electron chi connectivity index (χ2n) is 5.57. The zero-order valence-electron chi connectivity index (χ0n) is 11.6. The van der Waals surface area contributed by atoms with Gasteiger partial charge in [-0.05, 0) is 31.0 Å². The predicted molar refractivity (Wildman–Crippen MR) is 75.7 cm³/mol. The zero-order chi connectivity index (χ0) is 14.1. The fourth-order valence-electron chi connectivity index (χ4n) is 2.67. The molecule has 2 aromatic rings. The summed E-state index contributed by atoms with van der Waals surface area (Å²) in [6.07, 6.45) is 2.47. The molecule has 6 nitrogen and oxygen atoms in total. The normalized spacial score (nSPS) is 24.3. The summed E-state index contributed by atoms with van der Waals surface area (Å²) in [4.78, 5) is 14.3. The fourth-order valence-corrected chi connectivity index (χ4v) is 2.67. The van der Waals surface area contributed by atoms with E-state index in [2.05, 4.69) is 16.9 Å². The molecule has 20 heavy (non-hydrogen) atoms. The minimum atomic E-state index is -0.262. The van der Waals surface area contributed by atoms with E-state index in [9.17, 15) is 9.90 Å². The van der Waals surface area contributed by atoms with Crippen LogP contribution in [0.25, 0.3) is 5.65 Å². The Morgan fingerprint density at radius 1 is 1.40 bits per heavy atom. The lowest BCUT2D eigenvalue weighted by Crippen LogP contribution is -2.44. The number of piperidine rings is 1. The summed E-state index contributed by atoms with van der Waals surface area (Å²) in [7, 11) is 0. The third-order valence-electron chi connectivity index (χ3n) is 4.12. The van der Waals surface area contributed by atoms with Gasteiger partial charge in [-0.2, -0.15) is 0 Å². The Bertz CT molecular complexity index is 648. The number of rotatable bonds is 3. The Morgan fingerprint density at radius 2 is 2.25 bits per heavy atom. The van der Waals surface area contributed by atoms with Crippen LogP contribution in [0.1, 0.15) is 13.3 Å². The molecular weight excluding hydrogens is 256 g/mol. The number of aliphatic hydroxyl groups is 1. The summed E-state index contributed by atoms with van der Waals surface area (Å²) in [5.41, 5.74) is 0.566. The first-order valence-corrected chi connectivity index (χ1v) is 7.10. The number of pyridine rings is 1. The molecule has 1 aliphatic rings. The van der Waals surface area contributed by atoms with Gasteiger partial charge in [0.25, 0.3) is 0 Å². The van der Waals surface area contributed by atoms with Crippen LogP contribution in [0.15, 0.2) is 29.2 Å². The van der Waals surface area contributed by atoms with Gasteiger partial charge >= 0.3 is 5.69 Å². The number of hydrogen-bond acceptors (Lipinski definition) is 4. The minimum absolute atomic E-state index is 0.105. The number of fused-ring (bicyclic) bond motifs is 1. The molecule has 2 atom stereocenters. The van der Waals surface area contributed by atoms with Crippen molar-refractivity contribution < 1.29 is 5.11 Å². The van der Waals surface area contributed by atoms with Gasteiger partial charge in [0.05, 0.1) is 12.6 Å². The third-order valence-corrected chi connectivity index (χ3v) is 4.12. The highest BCUT2D eigenvalue weighted by molar-refractivity contribution is 5.35. The number of aliphatic hydroxyl groups excluding tert-OH is 1. The van der Waals surface area contributed by atoms with Crippen LogP contribution in [0.4, 0.5) is 0 Å². The number of hydrogen-bond donors (Lipinski definition) is 1. The van der Waals surface area contributed by atoms with E-state index in [1.165, 1.54) is 4.68 Å². The van der Waals surface area contributed by atoms with Crippen molar-refractivity contribution in [1.29, 1.82) is 0 Å².